The summed E-state index contributed by atoms with van der Waals surface area (Å²) in [5.41, 5.74) is 1.52. The maximum atomic E-state index is 11.9. The number of halogens is 4. The van der Waals surface area contributed by atoms with Crippen molar-refractivity contribution in [2.45, 2.75) is 12.8 Å². The van der Waals surface area contributed by atoms with Crippen molar-refractivity contribution in [2.75, 3.05) is 5.32 Å². The molecule has 0 saturated carbocycles. The van der Waals surface area contributed by atoms with Crippen LogP contribution in [0.1, 0.15) is 12.0 Å². The van der Waals surface area contributed by atoms with Crippen molar-refractivity contribution in [1.82, 2.24) is 0 Å². The highest BCUT2D eigenvalue weighted by Gasteiger charge is 2.06. The van der Waals surface area contributed by atoms with Crippen LogP contribution >= 0.6 is 46.4 Å². The average molecular weight is 363 g/mol. The lowest BCUT2D eigenvalue weighted by molar-refractivity contribution is -0.116. The first-order valence-electron chi connectivity index (χ1n) is 6.14. The summed E-state index contributed by atoms with van der Waals surface area (Å²) in [7, 11) is 0. The zero-order valence-electron chi connectivity index (χ0n) is 10.8. The van der Waals surface area contributed by atoms with Gasteiger partial charge in [-0.2, -0.15) is 0 Å². The quantitative estimate of drug-likeness (QED) is 0.723. The molecule has 0 saturated heterocycles. The predicted octanol–water partition coefficient (Wildman–Crippen LogP) is 5.87. The van der Waals surface area contributed by atoms with Gasteiger partial charge in [0.05, 0.1) is 10.0 Å². The minimum atomic E-state index is -0.126. The Hall–Kier alpha value is -0.930. The third-order valence-electron chi connectivity index (χ3n) is 2.77. The fourth-order valence-corrected chi connectivity index (χ4v) is 2.65. The monoisotopic (exact) mass is 361 g/mol. The standard InChI is InChI=1S/C15H11Cl4NO/c16-10-6-11(17)8-12(7-10)20-15(21)4-2-9-1-3-13(18)14(19)5-9/h1,3,5-8H,2,4H2,(H,20,21). The Morgan fingerprint density at radius 1 is 0.905 bits per heavy atom. The van der Waals surface area contributed by atoms with Gasteiger partial charge in [-0.25, -0.2) is 0 Å². The number of amides is 1. The molecule has 0 aliphatic carbocycles. The van der Waals surface area contributed by atoms with Crippen molar-refractivity contribution < 1.29 is 4.79 Å². The highest BCUT2D eigenvalue weighted by molar-refractivity contribution is 6.42. The summed E-state index contributed by atoms with van der Waals surface area (Å²) < 4.78 is 0. The molecule has 1 amide bonds. The number of hydrogen-bond donors (Lipinski definition) is 1. The number of carbonyl (C=O) groups is 1. The molecule has 2 aromatic carbocycles. The molecule has 21 heavy (non-hydrogen) atoms. The minimum Gasteiger partial charge on any atom is -0.326 e. The Kier molecular flexibility index (Phi) is 5.77. The topological polar surface area (TPSA) is 29.1 Å². The van der Waals surface area contributed by atoms with E-state index in [0.717, 1.165) is 5.56 Å². The van der Waals surface area contributed by atoms with Gasteiger partial charge in [0, 0.05) is 22.2 Å². The maximum absolute atomic E-state index is 11.9. The number of anilines is 1. The van der Waals surface area contributed by atoms with Gasteiger partial charge in [0.25, 0.3) is 0 Å². The van der Waals surface area contributed by atoms with Crippen LogP contribution in [0.5, 0.6) is 0 Å². The van der Waals surface area contributed by atoms with Crippen LogP contribution in [-0.4, -0.2) is 5.91 Å². The fourth-order valence-electron chi connectivity index (χ4n) is 1.80. The second kappa shape index (κ2) is 7.37. The molecule has 2 nitrogen and oxygen atoms in total. The number of nitrogens with one attached hydrogen (secondary N) is 1. The summed E-state index contributed by atoms with van der Waals surface area (Å²) >= 11 is 23.5. The van der Waals surface area contributed by atoms with Crippen molar-refractivity contribution in [2.24, 2.45) is 0 Å². The van der Waals surface area contributed by atoms with Crippen molar-refractivity contribution in [1.29, 1.82) is 0 Å². The van der Waals surface area contributed by atoms with Crippen LogP contribution in [0.2, 0.25) is 20.1 Å². The van der Waals surface area contributed by atoms with Crippen molar-refractivity contribution in [3.05, 3.63) is 62.1 Å². The Bertz CT molecular complexity index is 652. The van der Waals surface area contributed by atoms with Gasteiger partial charge in [-0.3, -0.25) is 4.79 Å². The van der Waals surface area contributed by atoms with Crippen LogP contribution in [0.25, 0.3) is 0 Å². The van der Waals surface area contributed by atoms with E-state index in [-0.39, 0.29) is 5.91 Å². The lowest BCUT2D eigenvalue weighted by Crippen LogP contribution is -2.12. The van der Waals surface area contributed by atoms with Crippen molar-refractivity contribution >= 4 is 58.0 Å². The Morgan fingerprint density at radius 3 is 2.19 bits per heavy atom. The van der Waals surface area contributed by atoms with Gasteiger partial charge in [0.15, 0.2) is 0 Å². The summed E-state index contributed by atoms with van der Waals surface area (Å²) in [4.78, 5) is 11.9. The molecular weight excluding hydrogens is 352 g/mol. The lowest BCUT2D eigenvalue weighted by Gasteiger charge is -2.07. The Morgan fingerprint density at radius 2 is 1.57 bits per heavy atom. The second-order valence-electron chi connectivity index (χ2n) is 4.45. The van der Waals surface area contributed by atoms with Gasteiger partial charge in [-0.05, 0) is 42.3 Å². The first-order chi connectivity index (χ1) is 9.94. The molecule has 0 fully saturated rings. The number of benzene rings is 2. The molecule has 2 rings (SSSR count). The summed E-state index contributed by atoms with van der Waals surface area (Å²) in [6.07, 6.45) is 0.888. The summed E-state index contributed by atoms with van der Waals surface area (Å²) in [6.45, 7) is 0. The molecule has 0 bridgehead atoms. The van der Waals surface area contributed by atoms with E-state index in [0.29, 0.717) is 38.6 Å². The molecule has 1 N–H and O–H groups in total. The molecule has 2 aromatic rings. The molecule has 0 atom stereocenters. The van der Waals surface area contributed by atoms with Gasteiger partial charge in [0.1, 0.15) is 0 Å². The van der Waals surface area contributed by atoms with E-state index in [1.807, 2.05) is 6.07 Å². The summed E-state index contributed by atoms with van der Waals surface area (Å²) in [6, 6.07) is 10.2. The number of hydrogen-bond acceptors (Lipinski definition) is 1. The van der Waals surface area contributed by atoms with E-state index in [2.05, 4.69) is 5.32 Å². The van der Waals surface area contributed by atoms with E-state index in [1.54, 1.807) is 30.3 Å². The lowest BCUT2D eigenvalue weighted by atomic mass is 10.1. The number of carbonyl (C=O) groups excluding carboxylic acids is 1. The predicted molar refractivity (Wildman–Crippen MR) is 89.9 cm³/mol. The molecule has 0 radical (unpaired) electrons. The third-order valence-corrected chi connectivity index (χ3v) is 3.95. The molecule has 0 aliphatic heterocycles. The smallest absolute Gasteiger partial charge is 0.224 e. The SMILES string of the molecule is O=C(CCc1ccc(Cl)c(Cl)c1)Nc1cc(Cl)cc(Cl)c1. The molecule has 0 unspecified atom stereocenters. The number of aryl methyl sites for hydroxylation is 1. The second-order valence-corrected chi connectivity index (χ2v) is 6.14. The molecule has 0 aliphatic rings. The van der Waals surface area contributed by atoms with Gasteiger partial charge in [-0.1, -0.05) is 52.5 Å². The first-order valence-corrected chi connectivity index (χ1v) is 7.65. The normalized spacial score (nSPS) is 10.5. The Balaban J connectivity index is 1.94. The number of rotatable bonds is 4. The van der Waals surface area contributed by atoms with Crippen molar-refractivity contribution in [3.63, 3.8) is 0 Å². The minimum absolute atomic E-state index is 0.126. The zero-order chi connectivity index (χ0) is 15.4. The van der Waals surface area contributed by atoms with Crippen LogP contribution in [0.3, 0.4) is 0 Å². The summed E-state index contributed by atoms with van der Waals surface area (Å²) in [5, 5.41) is 4.68. The fraction of sp³-hybridized carbons (Fsp3) is 0.133. The molecule has 6 heteroatoms. The van der Waals surface area contributed by atoms with Crippen LogP contribution < -0.4 is 5.32 Å². The van der Waals surface area contributed by atoms with E-state index in [9.17, 15) is 4.79 Å². The zero-order valence-corrected chi connectivity index (χ0v) is 13.8. The van der Waals surface area contributed by atoms with Gasteiger partial charge < -0.3 is 5.32 Å². The maximum Gasteiger partial charge on any atom is 0.224 e. The van der Waals surface area contributed by atoms with Gasteiger partial charge >= 0.3 is 0 Å². The van der Waals surface area contributed by atoms with Crippen LogP contribution in [0.4, 0.5) is 5.69 Å². The molecule has 0 heterocycles. The molecule has 0 spiro atoms. The van der Waals surface area contributed by atoms with E-state index >= 15 is 0 Å². The van der Waals surface area contributed by atoms with E-state index in [4.69, 9.17) is 46.4 Å². The van der Waals surface area contributed by atoms with Crippen LogP contribution in [0, 0.1) is 0 Å². The van der Waals surface area contributed by atoms with Crippen LogP contribution in [0.15, 0.2) is 36.4 Å². The average Bonchev–Trinajstić information content (AvgIpc) is 2.39. The van der Waals surface area contributed by atoms with Gasteiger partial charge in [-0.15, -0.1) is 0 Å². The molecule has 0 aromatic heterocycles. The Labute approximate surface area is 143 Å². The first kappa shape index (κ1) is 16.4. The molecular formula is C15H11Cl4NO. The summed E-state index contributed by atoms with van der Waals surface area (Å²) in [5.74, 6) is -0.126. The van der Waals surface area contributed by atoms with E-state index < -0.39 is 0 Å². The molecule has 110 valence electrons. The highest BCUT2D eigenvalue weighted by Crippen LogP contribution is 2.24. The highest BCUT2D eigenvalue weighted by atomic mass is 35.5. The van der Waals surface area contributed by atoms with Gasteiger partial charge in [0.2, 0.25) is 5.91 Å². The third kappa shape index (κ3) is 5.08. The van der Waals surface area contributed by atoms with Crippen molar-refractivity contribution in [3.8, 4) is 0 Å². The largest absolute Gasteiger partial charge is 0.326 e. The van der Waals surface area contributed by atoms with Crippen LogP contribution in [-0.2, 0) is 11.2 Å². The van der Waals surface area contributed by atoms with E-state index in [1.165, 1.54) is 0 Å².